The molecule has 1 unspecified atom stereocenters. The van der Waals surface area contributed by atoms with E-state index < -0.39 is 12.0 Å². The summed E-state index contributed by atoms with van der Waals surface area (Å²) in [5, 5.41) is 12.0. The Morgan fingerprint density at radius 1 is 1.35 bits per heavy atom. The maximum Gasteiger partial charge on any atom is 0.349 e. The van der Waals surface area contributed by atoms with Crippen LogP contribution in [0.25, 0.3) is 0 Å². The van der Waals surface area contributed by atoms with Gasteiger partial charge in [0.25, 0.3) is 5.82 Å². The molecule has 2 aromatic rings. The van der Waals surface area contributed by atoms with Gasteiger partial charge in [-0.3, -0.25) is 0 Å². The highest BCUT2D eigenvalue weighted by atomic mass is 16.4. The van der Waals surface area contributed by atoms with Crippen LogP contribution in [-0.4, -0.2) is 16.1 Å². The number of aliphatic carboxylic acids is 1. The van der Waals surface area contributed by atoms with Crippen molar-refractivity contribution in [1.82, 2.24) is 4.98 Å². The van der Waals surface area contributed by atoms with Crippen LogP contribution in [0, 0.1) is 4.91 Å². The Morgan fingerprint density at radius 3 is 2.70 bits per heavy atom. The number of rotatable bonds is 7. The summed E-state index contributed by atoms with van der Waals surface area (Å²) in [6.45, 7) is 0. The molecule has 6 nitrogen and oxygen atoms in total. The molecule has 20 heavy (non-hydrogen) atoms. The van der Waals surface area contributed by atoms with E-state index in [-0.39, 0.29) is 5.82 Å². The zero-order valence-corrected chi connectivity index (χ0v) is 10.9. The third-order valence-corrected chi connectivity index (χ3v) is 3.16. The number of H-pyrrole nitrogens is 1. The molecule has 2 N–H and O–H groups in total. The van der Waals surface area contributed by atoms with Crippen molar-refractivity contribution in [3.05, 3.63) is 53.3 Å². The standard InChI is InChI=1S/C14H15N3O3/c18-14(19)12(17-9-13(16-20)15-10-17)8-4-7-11-5-2-1-3-6-11/h1-3,5-6,9-10,12H,4,7-8H2,(H,18,19)/p+1. The van der Waals surface area contributed by atoms with Gasteiger partial charge in [0.15, 0.2) is 12.2 Å². The topological polar surface area (TPSA) is 86.4 Å². The summed E-state index contributed by atoms with van der Waals surface area (Å²) >= 11 is 0. The number of nitrogens with one attached hydrogen (secondary N) is 1. The van der Waals surface area contributed by atoms with E-state index in [9.17, 15) is 14.8 Å². The monoisotopic (exact) mass is 274 g/mol. The van der Waals surface area contributed by atoms with Crippen LogP contribution < -0.4 is 4.57 Å². The van der Waals surface area contributed by atoms with Crippen molar-refractivity contribution in [1.29, 1.82) is 0 Å². The van der Waals surface area contributed by atoms with Crippen molar-refractivity contribution in [2.45, 2.75) is 25.3 Å². The van der Waals surface area contributed by atoms with E-state index in [0.29, 0.717) is 6.42 Å². The first-order chi connectivity index (χ1) is 9.70. The number of aromatic amines is 1. The number of hydrogen-bond donors (Lipinski definition) is 2. The van der Waals surface area contributed by atoms with Crippen LogP contribution in [0.1, 0.15) is 24.4 Å². The molecule has 0 saturated carbocycles. The molecule has 0 saturated heterocycles. The highest BCUT2D eigenvalue weighted by molar-refractivity contribution is 5.69. The molecule has 0 aliphatic heterocycles. The van der Waals surface area contributed by atoms with Gasteiger partial charge in [-0.2, -0.15) is 0 Å². The van der Waals surface area contributed by atoms with Crippen LogP contribution in [0.4, 0.5) is 5.82 Å². The molecule has 0 aliphatic carbocycles. The second-order valence-electron chi connectivity index (χ2n) is 4.56. The number of carbonyl (C=O) groups is 1. The third-order valence-electron chi connectivity index (χ3n) is 3.16. The summed E-state index contributed by atoms with van der Waals surface area (Å²) in [7, 11) is 0. The van der Waals surface area contributed by atoms with Crippen molar-refractivity contribution in [3.63, 3.8) is 0 Å². The van der Waals surface area contributed by atoms with Gasteiger partial charge in [0.2, 0.25) is 6.33 Å². The first-order valence-electron chi connectivity index (χ1n) is 6.40. The van der Waals surface area contributed by atoms with Gasteiger partial charge in [-0.05, 0) is 24.8 Å². The lowest BCUT2D eigenvalue weighted by Gasteiger charge is -2.08. The maximum absolute atomic E-state index is 11.3. The van der Waals surface area contributed by atoms with Gasteiger partial charge in [-0.1, -0.05) is 30.3 Å². The van der Waals surface area contributed by atoms with E-state index >= 15 is 0 Å². The van der Waals surface area contributed by atoms with E-state index in [1.807, 2.05) is 30.3 Å². The van der Waals surface area contributed by atoms with E-state index in [1.165, 1.54) is 22.7 Å². The molecule has 6 heteroatoms. The Balaban J connectivity index is 1.96. The number of imidazole rings is 1. The van der Waals surface area contributed by atoms with Gasteiger partial charge >= 0.3 is 5.97 Å². The largest absolute Gasteiger partial charge is 0.478 e. The Hall–Kier alpha value is -2.50. The summed E-state index contributed by atoms with van der Waals surface area (Å²) in [6, 6.07) is 9.24. The Labute approximate surface area is 116 Å². The summed E-state index contributed by atoms with van der Waals surface area (Å²) in [6.07, 6.45) is 4.94. The number of nitrogens with zero attached hydrogens (tertiary/aromatic N) is 2. The van der Waals surface area contributed by atoms with Gasteiger partial charge in [0.1, 0.15) is 0 Å². The lowest BCUT2D eigenvalue weighted by atomic mass is 10.0. The number of hydrogen-bond acceptors (Lipinski definition) is 3. The predicted octanol–water partition coefficient (Wildman–Crippen LogP) is 2.35. The molecule has 1 aromatic carbocycles. The molecule has 0 fully saturated rings. The number of aromatic nitrogens is 2. The van der Waals surface area contributed by atoms with Gasteiger partial charge in [-0.25, -0.2) is 14.3 Å². The molecule has 0 spiro atoms. The first-order valence-corrected chi connectivity index (χ1v) is 6.40. The van der Waals surface area contributed by atoms with Crippen LogP contribution in [0.3, 0.4) is 0 Å². The number of carboxylic acids is 1. The average Bonchev–Trinajstić information content (AvgIpc) is 2.93. The van der Waals surface area contributed by atoms with E-state index in [4.69, 9.17) is 0 Å². The summed E-state index contributed by atoms with van der Waals surface area (Å²) in [5.41, 5.74) is 1.19. The normalized spacial score (nSPS) is 12.0. The Bertz CT molecular complexity index is 580. The van der Waals surface area contributed by atoms with Gasteiger partial charge in [-0.15, -0.1) is 4.91 Å². The number of nitroso groups, excluding NO2 is 1. The molecule has 1 aromatic heterocycles. The number of aryl methyl sites for hydroxylation is 1. The molecular formula is C14H16N3O3+. The van der Waals surface area contributed by atoms with E-state index in [1.54, 1.807) is 0 Å². The fourth-order valence-electron chi connectivity index (χ4n) is 2.13. The molecule has 1 heterocycles. The lowest BCUT2D eigenvalue weighted by Crippen LogP contribution is -2.42. The van der Waals surface area contributed by atoms with Crippen LogP contribution in [0.5, 0.6) is 0 Å². The van der Waals surface area contributed by atoms with Crippen molar-refractivity contribution in [2.75, 3.05) is 0 Å². The lowest BCUT2D eigenvalue weighted by molar-refractivity contribution is -0.710. The van der Waals surface area contributed by atoms with Crippen molar-refractivity contribution < 1.29 is 14.5 Å². The molecule has 0 amide bonds. The molecular weight excluding hydrogens is 258 g/mol. The summed E-state index contributed by atoms with van der Waals surface area (Å²) in [4.78, 5) is 24.3. The molecule has 0 aliphatic rings. The Kier molecular flexibility index (Phi) is 4.60. The minimum Gasteiger partial charge on any atom is -0.478 e. The maximum atomic E-state index is 11.3. The van der Waals surface area contributed by atoms with Gasteiger partial charge in [0, 0.05) is 5.18 Å². The fraction of sp³-hybridized carbons (Fsp3) is 0.286. The van der Waals surface area contributed by atoms with Gasteiger partial charge in [0.05, 0.1) is 0 Å². The van der Waals surface area contributed by atoms with Crippen molar-refractivity contribution in [2.24, 2.45) is 5.18 Å². The number of carboxylic acid groups (broad SMARTS) is 1. The minimum atomic E-state index is -0.917. The van der Waals surface area contributed by atoms with E-state index in [0.717, 1.165) is 12.8 Å². The number of benzene rings is 1. The van der Waals surface area contributed by atoms with E-state index in [2.05, 4.69) is 10.2 Å². The molecule has 2 rings (SSSR count). The highest BCUT2D eigenvalue weighted by Gasteiger charge is 2.24. The second kappa shape index (κ2) is 6.60. The van der Waals surface area contributed by atoms with Crippen molar-refractivity contribution in [3.8, 4) is 0 Å². The van der Waals surface area contributed by atoms with Crippen LogP contribution in [-0.2, 0) is 11.2 Å². The second-order valence-corrected chi connectivity index (χ2v) is 4.56. The summed E-state index contributed by atoms with van der Waals surface area (Å²) in [5.74, 6) is -0.793. The smallest absolute Gasteiger partial charge is 0.349 e. The highest BCUT2D eigenvalue weighted by Crippen LogP contribution is 2.13. The van der Waals surface area contributed by atoms with Crippen LogP contribution >= 0.6 is 0 Å². The molecule has 1 atom stereocenters. The molecule has 0 radical (unpaired) electrons. The summed E-state index contributed by atoms with van der Waals surface area (Å²) < 4.78 is 1.48. The fourth-order valence-corrected chi connectivity index (χ4v) is 2.13. The van der Waals surface area contributed by atoms with Gasteiger partial charge < -0.3 is 5.11 Å². The third kappa shape index (κ3) is 3.50. The first kappa shape index (κ1) is 13.9. The predicted molar refractivity (Wildman–Crippen MR) is 72.5 cm³/mol. The molecule has 104 valence electrons. The van der Waals surface area contributed by atoms with Crippen molar-refractivity contribution >= 4 is 11.8 Å². The zero-order valence-electron chi connectivity index (χ0n) is 10.9. The van der Waals surface area contributed by atoms with Crippen LogP contribution in [0.15, 0.2) is 48.0 Å². The SMILES string of the molecule is O=Nc1c[n+](C(CCCc2ccccc2)C(=O)O)c[nH]1. The zero-order chi connectivity index (χ0) is 14.4. The average molecular weight is 274 g/mol. The quantitative estimate of drug-likeness (QED) is 0.600. The Morgan fingerprint density at radius 2 is 2.10 bits per heavy atom. The minimum absolute atomic E-state index is 0.124. The van der Waals surface area contributed by atoms with Crippen LogP contribution in [0.2, 0.25) is 0 Å². The molecule has 0 bridgehead atoms.